The van der Waals surface area contributed by atoms with Crippen LogP contribution in [0.15, 0.2) is 60.7 Å². The number of nitrogens with one attached hydrogen (secondary N) is 2. The zero-order valence-corrected chi connectivity index (χ0v) is 16.5. The Hall–Kier alpha value is -3.65. The zero-order valence-electron chi connectivity index (χ0n) is 16.5. The molecule has 1 aromatic heterocycles. The van der Waals surface area contributed by atoms with E-state index in [4.69, 9.17) is 10.5 Å². The second-order valence-corrected chi connectivity index (χ2v) is 6.97. The highest BCUT2D eigenvalue weighted by Gasteiger charge is 2.12. The third-order valence-electron chi connectivity index (χ3n) is 4.88. The molecular formula is C22H24N6O2. The SMILES string of the molecule is Nc1ccccc1NC(=O)c1ccc(CNc2ccc(N3CCOCC3)nn2)cc1. The predicted octanol–water partition coefficient (Wildman–Crippen LogP) is 2.76. The maximum atomic E-state index is 12.4. The van der Waals surface area contributed by atoms with Crippen LogP contribution in [-0.4, -0.2) is 42.4 Å². The molecule has 0 unspecified atom stereocenters. The van der Waals surface area contributed by atoms with E-state index in [9.17, 15) is 4.79 Å². The molecule has 4 rings (SSSR count). The molecule has 0 aliphatic carbocycles. The molecule has 0 bridgehead atoms. The Kier molecular flexibility index (Phi) is 6.05. The van der Waals surface area contributed by atoms with Gasteiger partial charge in [-0.2, -0.15) is 0 Å². The minimum atomic E-state index is -0.197. The molecule has 0 radical (unpaired) electrons. The average molecular weight is 404 g/mol. The zero-order chi connectivity index (χ0) is 20.8. The number of ether oxygens (including phenoxy) is 1. The highest BCUT2D eigenvalue weighted by Crippen LogP contribution is 2.18. The molecule has 4 N–H and O–H groups in total. The molecule has 0 spiro atoms. The van der Waals surface area contributed by atoms with Crippen molar-refractivity contribution >= 4 is 28.9 Å². The summed E-state index contributed by atoms with van der Waals surface area (Å²) < 4.78 is 5.36. The Morgan fingerprint density at radius 1 is 1.00 bits per heavy atom. The van der Waals surface area contributed by atoms with Crippen molar-refractivity contribution in [2.75, 3.05) is 47.6 Å². The first kappa shape index (κ1) is 19.7. The minimum Gasteiger partial charge on any atom is -0.397 e. The van der Waals surface area contributed by atoms with Crippen LogP contribution in [0, 0.1) is 0 Å². The molecule has 1 saturated heterocycles. The number of para-hydroxylation sites is 2. The number of aromatic nitrogens is 2. The van der Waals surface area contributed by atoms with Crippen molar-refractivity contribution < 1.29 is 9.53 Å². The number of morpholine rings is 1. The van der Waals surface area contributed by atoms with E-state index >= 15 is 0 Å². The van der Waals surface area contributed by atoms with Gasteiger partial charge in [0.15, 0.2) is 5.82 Å². The lowest BCUT2D eigenvalue weighted by atomic mass is 10.1. The molecule has 1 amide bonds. The third-order valence-corrected chi connectivity index (χ3v) is 4.88. The van der Waals surface area contributed by atoms with Gasteiger partial charge in [0.1, 0.15) is 5.82 Å². The first-order chi connectivity index (χ1) is 14.7. The normalized spacial score (nSPS) is 13.7. The number of anilines is 4. The quantitative estimate of drug-likeness (QED) is 0.543. The van der Waals surface area contributed by atoms with E-state index in [1.807, 2.05) is 36.4 Å². The van der Waals surface area contributed by atoms with Crippen LogP contribution in [0.5, 0.6) is 0 Å². The summed E-state index contributed by atoms with van der Waals surface area (Å²) in [5.74, 6) is 1.36. The first-order valence-electron chi connectivity index (χ1n) is 9.84. The number of carbonyl (C=O) groups is 1. The maximum Gasteiger partial charge on any atom is 0.255 e. The van der Waals surface area contributed by atoms with Gasteiger partial charge in [-0.1, -0.05) is 24.3 Å². The number of hydrogen-bond donors (Lipinski definition) is 3. The number of benzene rings is 2. The summed E-state index contributed by atoms with van der Waals surface area (Å²) in [6.45, 7) is 3.68. The lowest BCUT2D eigenvalue weighted by molar-refractivity contribution is 0.102. The molecule has 8 heteroatoms. The van der Waals surface area contributed by atoms with E-state index in [-0.39, 0.29) is 5.91 Å². The van der Waals surface area contributed by atoms with Crippen molar-refractivity contribution in [2.24, 2.45) is 0 Å². The number of amides is 1. The van der Waals surface area contributed by atoms with E-state index in [1.165, 1.54) is 0 Å². The summed E-state index contributed by atoms with van der Waals surface area (Å²) in [6.07, 6.45) is 0. The molecule has 0 saturated carbocycles. The fourth-order valence-corrected chi connectivity index (χ4v) is 3.15. The molecule has 3 aromatic rings. The van der Waals surface area contributed by atoms with E-state index in [1.54, 1.807) is 24.3 Å². The molecule has 0 atom stereocenters. The molecular weight excluding hydrogens is 380 g/mol. The second-order valence-electron chi connectivity index (χ2n) is 6.97. The van der Waals surface area contributed by atoms with Gasteiger partial charge in [-0.05, 0) is 42.0 Å². The summed E-state index contributed by atoms with van der Waals surface area (Å²) in [4.78, 5) is 14.6. The monoisotopic (exact) mass is 404 g/mol. The molecule has 154 valence electrons. The first-order valence-corrected chi connectivity index (χ1v) is 9.84. The van der Waals surface area contributed by atoms with Crippen LogP contribution in [0.25, 0.3) is 0 Å². The van der Waals surface area contributed by atoms with E-state index in [0.29, 0.717) is 42.5 Å². The Labute approximate surface area is 175 Å². The molecule has 2 heterocycles. The summed E-state index contributed by atoms with van der Waals surface area (Å²) >= 11 is 0. The van der Waals surface area contributed by atoms with Gasteiger partial charge in [0.05, 0.1) is 24.6 Å². The smallest absolute Gasteiger partial charge is 0.255 e. The second kappa shape index (κ2) is 9.23. The fourth-order valence-electron chi connectivity index (χ4n) is 3.15. The highest BCUT2D eigenvalue weighted by atomic mass is 16.5. The standard InChI is InChI=1S/C22H24N6O2/c23-18-3-1-2-4-19(18)25-22(29)17-7-5-16(6-8-17)15-24-20-9-10-21(27-26-20)28-11-13-30-14-12-28/h1-10H,11-15,23H2,(H,24,26)(H,25,29). The van der Waals surface area contributed by atoms with Crippen LogP contribution >= 0.6 is 0 Å². The number of nitrogens with zero attached hydrogens (tertiary/aromatic N) is 3. The number of nitrogen functional groups attached to an aromatic ring is 1. The Bertz CT molecular complexity index is 985. The van der Waals surface area contributed by atoms with Crippen molar-refractivity contribution in [1.82, 2.24) is 10.2 Å². The summed E-state index contributed by atoms with van der Waals surface area (Å²) in [6, 6.07) is 18.5. The van der Waals surface area contributed by atoms with Gasteiger partial charge in [-0.15, -0.1) is 10.2 Å². The lowest BCUT2D eigenvalue weighted by Crippen LogP contribution is -2.36. The molecule has 2 aromatic carbocycles. The number of nitrogens with two attached hydrogens (primary N) is 1. The van der Waals surface area contributed by atoms with Crippen molar-refractivity contribution in [3.05, 3.63) is 71.8 Å². The minimum absolute atomic E-state index is 0.197. The van der Waals surface area contributed by atoms with Crippen LogP contribution in [0.1, 0.15) is 15.9 Å². The van der Waals surface area contributed by atoms with Crippen molar-refractivity contribution in [3.63, 3.8) is 0 Å². The van der Waals surface area contributed by atoms with Gasteiger partial charge in [-0.25, -0.2) is 0 Å². The van der Waals surface area contributed by atoms with E-state index in [2.05, 4.69) is 25.7 Å². The predicted molar refractivity (Wildman–Crippen MR) is 118 cm³/mol. The lowest BCUT2D eigenvalue weighted by Gasteiger charge is -2.27. The van der Waals surface area contributed by atoms with Gasteiger partial charge >= 0.3 is 0 Å². The van der Waals surface area contributed by atoms with Gasteiger partial charge in [-0.3, -0.25) is 4.79 Å². The third kappa shape index (κ3) is 4.84. The van der Waals surface area contributed by atoms with Crippen LogP contribution in [0.2, 0.25) is 0 Å². The number of carbonyl (C=O) groups excluding carboxylic acids is 1. The largest absolute Gasteiger partial charge is 0.397 e. The van der Waals surface area contributed by atoms with Crippen molar-refractivity contribution in [1.29, 1.82) is 0 Å². The van der Waals surface area contributed by atoms with Crippen molar-refractivity contribution in [2.45, 2.75) is 6.54 Å². The van der Waals surface area contributed by atoms with Crippen LogP contribution < -0.4 is 21.3 Å². The summed E-state index contributed by atoms with van der Waals surface area (Å²) in [5.41, 5.74) is 8.61. The van der Waals surface area contributed by atoms with Crippen LogP contribution in [-0.2, 0) is 11.3 Å². The van der Waals surface area contributed by atoms with Crippen molar-refractivity contribution in [3.8, 4) is 0 Å². The molecule has 1 aliphatic rings. The van der Waals surface area contributed by atoms with E-state index in [0.717, 1.165) is 24.5 Å². The van der Waals surface area contributed by atoms with Gasteiger partial charge in [0, 0.05) is 25.2 Å². The number of hydrogen-bond acceptors (Lipinski definition) is 7. The Balaban J connectivity index is 1.31. The maximum absolute atomic E-state index is 12.4. The van der Waals surface area contributed by atoms with Gasteiger partial charge in [0.25, 0.3) is 5.91 Å². The molecule has 8 nitrogen and oxygen atoms in total. The Morgan fingerprint density at radius 3 is 2.47 bits per heavy atom. The topological polar surface area (TPSA) is 105 Å². The number of rotatable bonds is 6. The fraction of sp³-hybridized carbons (Fsp3) is 0.227. The average Bonchev–Trinajstić information content (AvgIpc) is 2.80. The summed E-state index contributed by atoms with van der Waals surface area (Å²) in [7, 11) is 0. The Morgan fingerprint density at radius 2 is 1.77 bits per heavy atom. The molecule has 1 aliphatic heterocycles. The molecule has 1 fully saturated rings. The van der Waals surface area contributed by atoms with Gasteiger partial charge in [0.2, 0.25) is 0 Å². The van der Waals surface area contributed by atoms with Crippen LogP contribution in [0.3, 0.4) is 0 Å². The van der Waals surface area contributed by atoms with E-state index < -0.39 is 0 Å². The van der Waals surface area contributed by atoms with Gasteiger partial charge < -0.3 is 26.0 Å². The highest BCUT2D eigenvalue weighted by molar-refractivity contribution is 6.05. The molecule has 30 heavy (non-hydrogen) atoms. The summed E-state index contributed by atoms with van der Waals surface area (Å²) in [5, 5.41) is 14.6. The van der Waals surface area contributed by atoms with Crippen LogP contribution in [0.4, 0.5) is 23.0 Å².